The molecule has 0 atom stereocenters. The Morgan fingerprint density at radius 3 is 2.47 bits per heavy atom. The van der Waals surface area contributed by atoms with Crippen LogP contribution in [0.1, 0.15) is 58.3 Å². The Morgan fingerprint density at radius 1 is 1.29 bits per heavy atom. The van der Waals surface area contributed by atoms with E-state index in [4.69, 9.17) is 18.0 Å². The zero-order valence-corrected chi connectivity index (χ0v) is 11.6. The molecule has 0 aromatic rings. The molecule has 0 aromatic heterocycles. The first-order valence-corrected chi connectivity index (χ1v) is 7.12. The van der Waals surface area contributed by atoms with Crippen LogP contribution >= 0.6 is 12.2 Å². The standard InChI is InChI=1S/C13H24N2OS/c1-2-3-4-7-10-15-12(16)13(11(14)17)8-5-6-9-13/h2-10H2,1H3,(H2,14,17)(H,15,16). The van der Waals surface area contributed by atoms with Gasteiger partial charge in [0.05, 0.1) is 10.4 Å². The van der Waals surface area contributed by atoms with Gasteiger partial charge < -0.3 is 11.1 Å². The predicted molar refractivity (Wildman–Crippen MR) is 74.8 cm³/mol. The largest absolute Gasteiger partial charge is 0.392 e. The molecule has 0 spiro atoms. The molecule has 1 aliphatic rings. The zero-order valence-electron chi connectivity index (χ0n) is 10.8. The normalized spacial score (nSPS) is 17.9. The molecule has 0 aromatic carbocycles. The maximum atomic E-state index is 12.2. The van der Waals surface area contributed by atoms with Crippen LogP contribution in [0.15, 0.2) is 0 Å². The molecule has 1 saturated carbocycles. The van der Waals surface area contributed by atoms with Crippen molar-refractivity contribution in [2.45, 2.75) is 58.3 Å². The van der Waals surface area contributed by atoms with Gasteiger partial charge in [-0.3, -0.25) is 4.79 Å². The van der Waals surface area contributed by atoms with Crippen LogP contribution in [0.3, 0.4) is 0 Å². The second kappa shape index (κ2) is 6.94. The number of thiocarbonyl (C=S) groups is 1. The maximum Gasteiger partial charge on any atom is 0.233 e. The first-order valence-electron chi connectivity index (χ1n) is 6.71. The summed E-state index contributed by atoms with van der Waals surface area (Å²) in [5.74, 6) is 0.0546. The van der Waals surface area contributed by atoms with Gasteiger partial charge in [0.25, 0.3) is 0 Å². The van der Waals surface area contributed by atoms with Crippen molar-refractivity contribution >= 4 is 23.1 Å². The van der Waals surface area contributed by atoms with Crippen molar-refractivity contribution in [2.75, 3.05) is 6.54 Å². The molecule has 0 saturated heterocycles. The van der Waals surface area contributed by atoms with Gasteiger partial charge in [-0.2, -0.15) is 0 Å². The Morgan fingerprint density at radius 2 is 1.94 bits per heavy atom. The molecular formula is C13H24N2OS. The molecule has 3 N–H and O–H groups in total. The van der Waals surface area contributed by atoms with E-state index in [0.29, 0.717) is 4.99 Å². The van der Waals surface area contributed by atoms with Crippen LogP contribution in [-0.2, 0) is 4.79 Å². The minimum Gasteiger partial charge on any atom is -0.392 e. The van der Waals surface area contributed by atoms with Crippen LogP contribution in [-0.4, -0.2) is 17.4 Å². The highest BCUT2D eigenvalue weighted by Crippen LogP contribution is 2.38. The zero-order chi connectivity index (χ0) is 12.7. The minimum atomic E-state index is -0.542. The van der Waals surface area contributed by atoms with Gasteiger partial charge in [-0.25, -0.2) is 0 Å². The topological polar surface area (TPSA) is 55.1 Å². The fourth-order valence-electron chi connectivity index (χ4n) is 2.49. The lowest BCUT2D eigenvalue weighted by Gasteiger charge is -2.26. The Kier molecular flexibility index (Phi) is 5.89. The van der Waals surface area contributed by atoms with Gasteiger partial charge in [-0.15, -0.1) is 0 Å². The van der Waals surface area contributed by atoms with Crippen molar-refractivity contribution in [1.82, 2.24) is 5.32 Å². The Labute approximate surface area is 110 Å². The SMILES string of the molecule is CCCCCCNC(=O)C1(C(N)=S)CCCC1. The van der Waals surface area contributed by atoms with Crippen molar-refractivity contribution < 1.29 is 4.79 Å². The summed E-state index contributed by atoms with van der Waals surface area (Å²) >= 11 is 5.08. The monoisotopic (exact) mass is 256 g/mol. The minimum absolute atomic E-state index is 0.0546. The molecule has 1 aliphatic carbocycles. The van der Waals surface area contributed by atoms with Gasteiger partial charge in [0, 0.05) is 6.54 Å². The predicted octanol–water partition coefficient (Wildman–Crippen LogP) is 2.53. The van der Waals surface area contributed by atoms with Crippen molar-refractivity contribution in [3.8, 4) is 0 Å². The number of carbonyl (C=O) groups is 1. The van der Waals surface area contributed by atoms with E-state index in [-0.39, 0.29) is 5.91 Å². The van der Waals surface area contributed by atoms with E-state index >= 15 is 0 Å². The summed E-state index contributed by atoms with van der Waals surface area (Å²) in [5.41, 5.74) is 5.21. The van der Waals surface area contributed by atoms with Gasteiger partial charge in [0.2, 0.25) is 5.91 Å². The van der Waals surface area contributed by atoms with Gasteiger partial charge in [-0.05, 0) is 19.3 Å². The number of carbonyl (C=O) groups excluding carboxylic acids is 1. The number of rotatable bonds is 7. The molecule has 17 heavy (non-hydrogen) atoms. The quantitative estimate of drug-likeness (QED) is 0.543. The molecule has 0 bridgehead atoms. The smallest absolute Gasteiger partial charge is 0.233 e. The lowest BCUT2D eigenvalue weighted by molar-refractivity contribution is -0.127. The molecular weight excluding hydrogens is 232 g/mol. The van der Waals surface area contributed by atoms with Crippen LogP contribution in [0.5, 0.6) is 0 Å². The third-order valence-electron chi connectivity index (χ3n) is 3.68. The molecule has 3 nitrogen and oxygen atoms in total. The average Bonchev–Trinajstić information content (AvgIpc) is 2.79. The number of amides is 1. The summed E-state index contributed by atoms with van der Waals surface area (Å²) in [4.78, 5) is 12.5. The van der Waals surface area contributed by atoms with Crippen LogP contribution in [0, 0.1) is 5.41 Å². The van der Waals surface area contributed by atoms with Gasteiger partial charge >= 0.3 is 0 Å². The highest BCUT2D eigenvalue weighted by atomic mass is 32.1. The van der Waals surface area contributed by atoms with Gasteiger partial charge in [0.15, 0.2) is 0 Å². The molecule has 0 radical (unpaired) electrons. The summed E-state index contributed by atoms with van der Waals surface area (Å²) in [6.45, 7) is 2.93. The summed E-state index contributed by atoms with van der Waals surface area (Å²) < 4.78 is 0. The maximum absolute atomic E-state index is 12.2. The number of unbranched alkanes of at least 4 members (excludes halogenated alkanes) is 3. The Hall–Kier alpha value is -0.640. The van der Waals surface area contributed by atoms with E-state index < -0.39 is 5.41 Å². The fraction of sp³-hybridized carbons (Fsp3) is 0.846. The highest BCUT2D eigenvalue weighted by Gasteiger charge is 2.43. The molecule has 1 amide bonds. The average molecular weight is 256 g/mol. The second-order valence-electron chi connectivity index (χ2n) is 4.97. The third-order valence-corrected chi connectivity index (χ3v) is 4.07. The number of nitrogens with one attached hydrogen (secondary N) is 1. The van der Waals surface area contributed by atoms with E-state index in [1.807, 2.05) is 0 Å². The molecule has 0 unspecified atom stereocenters. The number of nitrogens with two attached hydrogens (primary N) is 1. The van der Waals surface area contributed by atoms with Crippen LogP contribution in [0.4, 0.5) is 0 Å². The number of hydrogen-bond donors (Lipinski definition) is 2. The Balaban J connectivity index is 2.37. The van der Waals surface area contributed by atoms with Crippen LogP contribution in [0.2, 0.25) is 0 Å². The summed E-state index contributed by atoms with van der Waals surface area (Å²) in [5, 5.41) is 3.00. The lowest BCUT2D eigenvalue weighted by atomic mass is 9.85. The summed E-state index contributed by atoms with van der Waals surface area (Å²) in [6.07, 6.45) is 8.43. The number of hydrogen-bond acceptors (Lipinski definition) is 2. The molecule has 0 aliphatic heterocycles. The van der Waals surface area contributed by atoms with Crippen molar-refractivity contribution in [1.29, 1.82) is 0 Å². The van der Waals surface area contributed by atoms with E-state index in [2.05, 4.69) is 12.2 Å². The van der Waals surface area contributed by atoms with Crippen LogP contribution < -0.4 is 11.1 Å². The van der Waals surface area contributed by atoms with Crippen molar-refractivity contribution in [3.05, 3.63) is 0 Å². The first-order chi connectivity index (χ1) is 8.13. The fourth-order valence-corrected chi connectivity index (χ4v) is 2.78. The molecule has 0 heterocycles. The highest BCUT2D eigenvalue weighted by molar-refractivity contribution is 7.80. The summed E-state index contributed by atoms with van der Waals surface area (Å²) in [7, 11) is 0. The Bertz CT molecular complexity index is 273. The van der Waals surface area contributed by atoms with E-state index in [1.54, 1.807) is 0 Å². The van der Waals surface area contributed by atoms with E-state index in [0.717, 1.165) is 38.6 Å². The molecule has 4 heteroatoms. The van der Waals surface area contributed by atoms with Gasteiger partial charge in [-0.1, -0.05) is 51.2 Å². The van der Waals surface area contributed by atoms with E-state index in [1.165, 1.54) is 19.3 Å². The first kappa shape index (κ1) is 14.4. The van der Waals surface area contributed by atoms with Crippen LogP contribution in [0.25, 0.3) is 0 Å². The molecule has 1 fully saturated rings. The molecule has 1 rings (SSSR count). The second-order valence-corrected chi connectivity index (χ2v) is 5.41. The van der Waals surface area contributed by atoms with Crippen molar-refractivity contribution in [3.63, 3.8) is 0 Å². The van der Waals surface area contributed by atoms with E-state index in [9.17, 15) is 4.79 Å². The third kappa shape index (κ3) is 3.66. The van der Waals surface area contributed by atoms with Crippen molar-refractivity contribution in [2.24, 2.45) is 11.1 Å². The summed E-state index contributed by atoms with van der Waals surface area (Å²) in [6, 6.07) is 0. The lowest BCUT2D eigenvalue weighted by Crippen LogP contribution is -2.47. The van der Waals surface area contributed by atoms with Gasteiger partial charge in [0.1, 0.15) is 0 Å². The molecule has 98 valence electrons.